The van der Waals surface area contributed by atoms with Crippen LogP contribution in [0.15, 0.2) is 47.7 Å². The molecule has 2 rings (SSSR count). The summed E-state index contributed by atoms with van der Waals surface area (Å²) >= 11 is 0. The number of anilines is 1. The topological polar surface area (TPSA) is 84.6 Å². The molecule has 0 bridgehead atoms. The number of alkyl halides is 2. The van der Waals surface area contributed by atoms with Gasteiger partial charge >= 0.3 is 0 Å². The molecule has 0 aromatic carbocycles. The standard InChI is InChI=1S/C20H24F2N6O/c1-3-9-24-18(15-25-16-6-7-17(26-14-16)20(2,21)22)27-10-12-28(13-11-27)19(29)5-4-8-23/h3-7,9,14,25H,10-13,15H2,1-2H3/b5-4+,9-3-,24-18?. The molecule has 1 aliphatic rings. The molecule has 7 nitrogen and oxygen atoms in total. The summed E-state index contributed by atoms with van der Waals surface area (Å²) in [6, 6.07) is 4.67. The Morgan fingerprint density at radius 2 is 2.03 bits per heavy atom. The summed E-state index contributed by atoms with van der Waals surface area (Å²) < 4.78 is 26.6. The highest BCUT2D eigenvalue weighted by Crippen LogP contribution is 2.25. The molecular weight excluding hydrogens is 378 g/mol. The van der Waals surface area contributed by atoms with Crippen LogP contribution in [0.5, 0.6) is 0 Å². The number of nitrogens with zero attached hydrogens (tertiary/aromatic N) is 5. The third-order valence-corrected chi connectivity index (χ3v) is 4.29. The number of piperazine rings is 1. The van der Waals surface area contributed by atoms with Crippen molar-refractivity contribution in [1.29, 1.82) is 5.26 Å². The first-order valence-corrected chi connectivity index (χ1v) is 9.21. The zero-order valence-electron chi connectivity index (χ0n) is 16.5. The minimum absolute atomic E-state index is 0.185. The van der Waals surface area contributed by atoms with E-state index in [2.05, 4.69) is 20.2 Å². The third kappa shape index (κ3) is 6.68. The van der Waals surface area contributed by atoms with Crippen molar-refractivity contribution in [3.63, 3.8) is 0 Å². The summed E-state index contributed by atoms with van der Waals surface area (Å²) in [5.74, 6) is -2.39. The lowest BCUT2D eigenvalue weighted by molar-refractivity contribution is -0.127. The Balaban J connectivity index is 1.98. The smallest absolute Gasteiger partial charge is 0.286 e. The highest BCUT2D eigenvalue weighted by atomic mass is 19.3. The van der Waals surface area contributed by atoms with Gasteiger partial charge in [-0.2, -0.15) is 14.0 Å². The minimum atomic E-state index is -2.98. The van der Waals surface area contributed by atoms with Crippen molar-refractivity contribution < 1.29 is 13.6 Å². The molecule has 0 spiro atoms. The molecule has 1 saturated heterocycles. The molecule has 1 amide bonds. The monoisotopic (exact) mass is 402 g/mol. The lowest BCUT2D eigenvalue weighted by Gasteiger charge is -2.36. The Kier molecular flexibility index (Phi) is 7.83. The normalized spacial score (nSPS) is 15.8. The van der Waals surface area contributed by atoms with Gasteiger partial charge < -0.3 is 15.1 Å². The molecule has 0 saturated carbocycles. The molecule has 1 fully saturated rings. The first kappa shape index (κ1) is 22.0. The summed E-state index contributed by atoms with van der Waals surface area (Å²) in [5, 5.41) is 11.7. The van der Waals surface area contributed by atoms with Gasteiger partial charge in [0.15, 0.2) is 0 Å². The number of aromatic nitrogens is 1. The van der Waals surface area contributed by atoms with Gasteiger partial charge in [-0.25, -0.2) is 4.99 Å². The molecule has 0 atom stereocenters. The van der Waals surface area contributed by atoms with Gasteiger partial charge in [0.2, 0.25) is 5.91 Å². The summed E-state index contributed by atoms with van der Waals surface area (Å²) in [7, 11) is 0. The van der Waals surface area contributed by atoms with Gasteiger partial charge in [-0.3, -0.25) is 9.78 Å². The first-order valence-electron chi connectivity index (χ1n) is 9.21. The lowest BCUT2D eigenvalue weighted by atomic mass is 10.2. The van der Waals surface area contributed by atoms with E-state index in [0.29, 0.717) is 38.4 Å². The summed E-state index contributed by atoms with van der Waals surface area (Å²) in [4.78, 5) is 24.0. The maximum atomic E-state index is 13.3. The minimum Gasteiger partial charge on any atom is -0.377 e. The molecule has 1 N–H and O–H groups in total. The number of pyridine rings is 1. The highest BCUT2D eigenvalue weighted by Gasteiger charge is 2.26. The van der Waals surface area contributed by atoms with E-state index in [4.69, 9.17) is 5.26 Å². The van der Waals surface area contributed by atoms with E-state index in [9.17, 15) is 13.6 Å². The fourth-order valence-electron chi connectivity index (χ4n) is 2.74. The average Bonchev–Trinajstić information content (AvgIpc) is 2.72. The first-order chi connectivity index (χ1) is 13.8. The Labute approximate surface area is 169 Å². The summed E-state index contributed by atoms with van der Waals surface area (Å²) in [5.41, 5.74) is 0.332. The lowest BCUT2D eigenvalue weighted by Crippen LogP contribution is -2.51. The van der Waals surface area contributed by atoms with Crippen LogP contribution >= 0.6 is 0 Å². The predicted molar refractivity (Wildman–Crippen MR) is 107 cm³/mol. The van der Waals surface area contributed by atoms with Crippen molar-refractivity contribution in [2.45, 2.75) is 19.8 Å². The van der Waals surface area contributed by atoms with Crippen LogP contribution in [0.3, 0.4) is 0 Å². The van der Waals surface area contributed by atoms with E-state index in [1.165, 1.54) is 24.4 Å². The SMILES string of the molecule is C/C=C\N=C(CNc1ccc(C(C)(F)F)nc1)N1CCN(C(=O)/C=C/C#N)CC1. The number of halogens is 2. The number of allylic oxidation sites excluding steroid dienone is 2. The van der Waals surface area contributed by atoms with Crippen LogP contribution in [0.4, 0.5) is 14.5 Å². The molecule has 0 radical (unpaired) electrons. The number of hydrogen-bond acceptors (Lipinski definition) is 5. The predicted octanol–water partition coefficient (Wildman–Crippen LogP) is 2.76. The van der Waals surface area contributed by atoms with Crippen molar-refractivity contribution in [3.8, 4) is 6.07 Å². The molecule has 1 aliphatic heterocycles. The van der Waals surface area contributed by atoms with E-state index in [-0.39, 0.29) is 11.6 Å². The van der Waals surface area contributed by atoms with Crippen molar-refractivity contribution in [2.75, 3.05) is 38.0 Å². The van der Waals surface area contributed by atoms with E-state index < -0.39 is 5.92 Å². The van der Waals surface area contributed by atoms with Crippen LogP contribution < -0.4 is 5.32 Å². The Hall–Kier alpha value is -3.28. The van der Waals surface area contributed by atoms with Gasteiger partial charge in [-0.15, -0.1) is 0 Å². The number of amides is 1. The fraction of sp³-hybridized carbons (Fsp3) is 0.400. The van der Waals surface area contributed by atoms with Gasteiger partial charge in [0.25, 0.3) is 5.92 Å². The second-order valence-corrected chi connectivity index (χ2v) is 6.48. The number of nitriles is 1. The highest BCUT2D eigenvalue weighted by molar-refractivity contribution is 5.89. The molecule has 0 aliphatic carbocycles. The number of carbonyl (C=O) groups is 1. The summed E-state index contributed by atoms with van der Waals surface area (Å²) in [6.07, 6.45) is 7.31. The van der Waals surface area contributed by atoms with Crippen LogP contribution in [0.2, 0.25) is 0 Å². The molecular formula is C20H24F2N6O. The van der Waals surface area contributed by atoms with Crippen molar-refractivity contribution in [1.82, 2.24) is 14.8 Å². The van der Waals surface area contributed by atoms with Crippen molar-refractivity contribution in [3.05, 3.63) is 48.5 Å². The second-order valence-electron chi connectivity index (χ2n) is 6.48. The maximum Gasteiger partial charge on any atom is 0.286 e. The molecule has 1 aromatic heterocycles. The Morgan fingerprint density at radius 3 is 2.59 bits per heavy atom. The van der Waals surface area contributed by atoms with E-state index >= 15 is 0 Å². The molecule has 0 unspecified atom stereocenters. The molecule has 9 heteroatoms. The van der Waals surface area contributed by atoms with E-state index in [1.54, 1.807) is 17.2 Å². The van der Waals surface area contributed by atoms with Crippen LogP contribution in [-0.4, -0.2) is 59.3 Å². The summed E-state index contributed by atoms with van der Waals surface area (Å²) in [6.45, 7) is 5.30. The number of rotatable bonds is 6. The number of hydrogen-bond donors (Lipinski definition) is 1. The molecule has 154 valence electrons. The van der Waals surface area contributed by atoms with Gasteiger partial charge in [0.05, 0.1) is 24.5 Å². The molecule has 2 heterocycles. The zero-order chi connectivity index (χ0) is 21.3. The van der Waals surface area contributed by atoms with E-state index in [0.717, 1.165) is 12.8 Å². The van der Waals surface area contributed by atoms with Crippen LogP contribution in [-0.2, 0) is 10.7 Å². The van der Waals surface area contributed by atoms with E-state index in [1.807, 2.05) is 19.1 Å². The Morgan fingerprint density at radius 1 is 1.34 bits per heavy atom. The second kappa shape index (κ2) is 10.3. The van der Waals surface area contributed by atoms with Crippen LogP contribution in [0, 0.1) is 11.3 Å². The van der Waals surface area contributed by atoms with Gasteiger partial charge in [-0.05, 0) is 19.1 Å². The molecule has 29 heavy (non-hydrogen) atoms. The number of aliphatic imine (C=N–C) groups is 1. The fourth-order valence-corrected chi connectivity index (χ4v) is 2.74. The van der Waals surface area contributed by atoms with Gasteiger partial charge in [-0.1, -0.05) is 6.08 Å². The van der Waals surface area contributed by atoms with Crippen molar-refractivity contribution in [2.24, 2.45) is 4.99 Å². The third-order valence-electron chi connectivity index (χ3n) is 4.29. The number of nitrogens with one attached hydrogen (secondary N) is 1. The maximum absolute atomic E-state index is 13.3. The Bertz CT molecular complexity index is 813. The van der Waals surface area contributed by atoms with Gasteiger partial charge in [0, 0.05) is 51.5 Å². The zero-order valence-corrected chi connectivity index (χ0v) is 16.5. The molecule has 1 aromatic rings. The van der Waals surface area contributed by atoms with Crippen molar-refractivity contribution >= 4 is 17.4 Å². The largest absolute Gasteiger partial charge is 0.377 e. The quantitative estimate of drug-likeness (QED) is 0.342. The number of amidine groups is 1. The van der Waals surface area contributed by atoms with Crippen LogP contribution in [0.1, 0.15) is 19.5 Å². The van der Waals surface area contributed by atoms with Gasteiger partial charge in [0.1, 0.15) is 11.5 Å². The van der Waals surface area contributed by atoms with Crippen LogP contribution in [0.25, 0.3) is 0 Å². The average molecular weight is 402 g/mol. The number of carbonyl (C=O) groups excluding carboxylic acids is 1.